The number of carbonyl (C=O) groups is 2. The Morgan fingerprint density at radius 2 is 1.96 bits per heavy atom. The van der Waals surface area contributed by atoms with E-state index in [-0.39, 0.29) is 24.0 Å². The molecule has 0 unspecified atom stereocenters. The highest BCUT2D eigenvalue weighted by atomic mass is 16.6. The summed E-state index contributed by atoms with van der Waals surface area (Å²) in [7, 11) is 0. The summed E-state index contributed by atoms with van der Waals surface area (Å²) in [5.74, 6) is -0.698. The first-order valence-electron chi connectivity index (χ1n) is 8.74. The summed E-state index contributed by atoms with van der Waals surface area (Å²) in [6.45, 7) is 7.89. The van der Waals surface area contributed by atoms with Gasteiger partial charge in [-0.25, -0.2) is 9.59 Å². The minimum atomic E-state index is -1.12. The minimum Gasteiger partial charge on any atom is -0.454 e. The van der Waals surface area contributed by atoms with Crippen molar-refractivity contribution in [2.45, 2.75) is 57.8 Å². The highest BCUT2D eigenvalue weighted by molar-refractivity contribution is 5.92. The van der Waals surface area contributed by atoms with Gasteiger partial charge in [-0.1, -0.05) is 23.8 Å². The lowest BCUT2D eigenvalue weighted by atomic mass is 9.88. The molecular weight excluding hydrogens is 318 g/mol. The van der Waals surface area contributed by atoms with Gasteiger partial charge in [0.1, 0.15) is 6.10 Å². The van der Waals surface area contributed by atoms with Crippen molar-refractivity contribution in [3.05, 3.63) is 47.1 Å². The SMILES string of the molecule is C=C1C(=O)O[C@H]2/C=C(\C)C[C@]3(N)C=C(CC/C=C(\C)CC[C@H]12)C(=O)O3. The zero-order valence-corrected chi connectivity index (χ0v) is 14.8. The van der Waals surface area contributed by atoms with Crippen molar-refractivity contribution >= 4 is 11.9 Å². The number of ether oxygens (including phenoxy) is 2. The largest absolute Gasteiger partial charge is 0.454 e. The second kappa shape index (κ2) is 6.64. The fourth-order valence-electron chi connectivity index (χ4n) is 3.74. The summed E-state index contributed by atoms with van der Waals surface area (Å²) >= 11 is 0. The molecule has 3 rings (SSSR count). The second-order valence-electron chi connectivity index (χ2n) is 7.33. The molecule has 1 fully saturated rings. The van der Waals surface area contributed by atoms with Crippen LogP contribution in [0.25, 0.3) is 0 Å². The van der Waals surface area contributed by atoms with Crippen molar-refractivity contribution in [2.24, 2.45) is 11.7 Å². The van der Waals surface area contributed by atoms with E-state index in [1.54, 1.807) is 6.08 Å². The Kier molecular flexibility index (Phi) is 4.69. The lowest BCUT2D eigenvalue weighted by Crippen LogP contribution is -2.39. The van der Waals surface area contributed by atoms with E-state index in [2.05, 4.69) is 19.6 Å². The summed E-state index contributed by atoms with van der Waals surface area (Å²) in [6.07, 6.45) is 8.90. The molecule has 0 saturated carbocycles. The van der Waals surface area contributed by atoms with E-state index in [4.69, 9.17) is 15.2 Å². The Labute approximate surface area is 148 Å². The average molecular weight is 343 g/mol. The predicted molar refractivity (Wildman–Crippen MR) is 94.2 cm³/mol. The first-order valence-corrected chi connectivity index (χ1v) is 8.74. The van der Waals surface area contributed by atoms with Gasteiger partial charge in [0, 0.05) is 23.5 Å². The first kappa shape index (κ1) is 17.7. The Balaban J connectivity index is 1.92. The molecule has 5 nitrogen and oxygen atoms in total. The average Bonchev–Trinajstić information content (AvgIpc) is 2.93. The topological polar surface area (TPSA) is 78.6 Å². The van der Waals surface area contributed by atoms with Crippen molar-refractivity contribution in [1.82, 2.24) is 0 Å². The van der Waals surface area contributed by atoms with Gasteiger partial charge in [0.2, 0.25) is 0 Å². The number of hydrogen-bond donors (Lipinski definition) is 1. The van der Waals surface area contributed by atoms with Crippen LogP contribution < -0.4 is 5.73 Å². The minimum absolute atomic E-state index is 0.0281. The lowest BCUT2D eigenvalue weighted by Gasteiger charge is -2.22. The maximum atomic E-state index is 12.1. The lowest BCUT2D eigenvalue weighted by molar-refractivity contribution is -0.146. The van der Waals surface area contributed by atoms with Crippen molar-refractivity contribution in [2.75, 3.05) is 0 Å². The van der Waals surface area contributed by atoms with Crippen LogP contribution in [-0.2, 0) is 19.1 Å². The van der Waals surface area contributed by atoms with Gasteiger partial charge in [-0.05, 0) is 51.7 Å². The van der Waals surface area contributed by atoms with E-state index in [1.807, 2.05) is 13.0 Å². The van der Waals surface area contributed by atoms with Gasteiger partial charge in [-0.3, -0.25) is 5.73 Å². The Bertz CT molecular complexity index is 715. The fourth-order valence-corrected chi connectivity index (χ4v) is 3.74. The van der Waals surface area contributed by atoms with Crippen LogP contribution in [0.2, 0.25) is 0 Å². The van der Waals surface area contributed by atoms with Crippen molar-refractivity contribution in [3.8, 4) is 0 Å². The molecule has 0 amide bonds. The molecule has 0 aromatic heterocycles. The molecule has 0 aromatic carbocycles. The van der Waals surface area contributed by atoms with Gasteiger partial charge in [0.25, 0.3) is 0 Å². The van der Waals surface area contributed by atoms with Gasteiger partial charge in [0.15, 0.2) is 5.72 Å². The summed E-state index contributed by atoms with van der Waals surface area (Å²) in [4.78, 5) is 24.0. The van der Waals surface area contributed by atoms with Gasteiger partial charge in [-0.15, -0.1) is 0 Å². The molecule has 134 valence electrons. The molecule has 1 aliphatic carbocycles. The number of fused-ring (bicyclic) bond motifs is 2. The number of nitrogens with two attached hydrogens (primary N) is 1. The monoisotopic (exact) mass is 343 g/mol. The summed E-state index contributed by atoms with van der Waals surface area (Å²) in [6, 6.07) is 0. The van der Waals surface area contributed by atoms with Crippen molar-refractivity contribution < 1.29 is 19.1 Å². The van der Waals surface area contributed by atoms with E-state index in [1.165, 1.54) is 5.57 Å². The van der Waals surface area contributed by atoms with Crippen molar-refractivity contribution in [1.29, 1.82) is 0 Å². The highest BCUT2D eigenvalue weighted by Crippen LogP contribution is 2.35. The third-order valence-corrected chi connectivity index (χ3v) is 5.07. The van der Waals surface area contributed by atoms with Gasteiger partial charge >= 0.3 is 11.9 Å². The number of hydrogen-bond acceptors (Lipinski definition) is 5. The fraction of sp³-hybridized carbons (Fsp3) is 0.500. The third-order valence-electron chi connectivity index (χ3n) is 5.07. The molecular formula is C20H25NO4. The van der Waals surface area contributed by atoms with Crippen LogP contribution in [0.15, 0.2) is 47.1 Å². The first-order chi connectivity index (χ1) is 11.8. The maximum Gasteiger partial charge on any atom is 0.335 e. The number of rotatable bonds is 0. The zero-order valence-electron chi connectivity index (χ0n) is 14.8. The summed E-state index contributed by atoms with van der Waals surface area (Å²) < 4.78 is 10.9. The number of carbonyl (C=O) groups excluding carboxylic acids is 2. The van der Waals surface area contributed by atoms with E-state index in [9.17, 15) is 9.59 Å². The molecule has 25 heavy (non-hydrogen) atoms. The third kappa shape index (κ3) is 3.76. The van der Waals surface area contributed by atoms with E-state index in [0.29, 0.717) is 24.0 Å². The second-order valence-corrected chi connectivity index (χ2v) is 7.33. The van der Waals surface area contributed by atoms with Gasteiger partial charge < -0.3 is 9.47 Å². The number of allylic oxidation sites excluding steroid dienone is 2. The van der Waals surface area contributed by atoms with Crippen LogP contribution in [0.1, 0.15) is 46.0 Å². The summed E-state index contributed by atoms with van der Waals surface area (Å²) in [5, 5.41) is 0. The normalized spacial score (nSPS) is 37.7. The molecule has 0 aromatic rings. The van der Waals surface area contributed by atoms with E-state index >= 15 is 0 Å². The molecule has 5 heteroatoms. The highest BCUT2D eigenvalue weighted by Gasteiger charge is 2.39. The Morgan fingerprint density at radius 3 is 2.72 bits per heavy atom. The molecule has 2 N–H and O–H groups in total. The van der Waals surface area contributed by atoms with E-state index in [0.717, 1.165) is 24.8 Å². The van der Waals surface area contributed by atoms with Crippen LogP contribution in [0.3, 0.4) is 0 Å². The molecule has 2 heterocycles. The van der Waals surface area contributed by atoms with Crippen LogP contribution >= 0.6 is 0 Å². The molecule has 3 aliphatic rings. The standard InChI is InChI=1S/C20H25NO4/c1-12-5-4-6-15-11-20(21,25-19(15)23)10-13(2)9-17-16(8-7-12)14(3)18(22)24-17/h5,9,11,16-17H,3-4,6-8,10,21H2,1-2H3/b12-5+,13-9+/t16-,17+,20-/m1/s1. The van der Waals surface area contributed by atoms with Crippen LogP contribution in [0, 0.1) is 5.92 Å². The zero-order chi connectivity index (χ0) is 18.2. The smallest absolute Gasteiger partial charge is 0.335 e. The predicted octanol–water partition coefficient (Wildman–Crippen LogP) is 3.08. The van der Waals surface area contributed by atoms with Gasteiger partial charge in [0.05, 0.1) is 0 Å². The Hall–Kier alpha value is -2.14. The van der Waals surface area contributed by atoms with Gasteiger partial charge in [-0.2, -0.15) is 0 Å². The van der Waals surface area contributed by atoms with Crippen LogP contribution in [0.4, 0.5) is 0 Å². The molecule has 3 atom stereocenters. The maximum absolute atomic E-state index is 12.1. The molecule has 0 spiro atoms. The van der Waals surface area contributed by atoms with Crippen LogP contribution in [-0.4, -0.2) is 23.8 Å². The van der Waals surface area contributed by atoms with Crippen molar-refractivity contribution in [3.63, 3.8) is 0 Å². The molecule has 2 aliphatic heterocycles. The number of esters is 2. The van der Waals surface area contributed by atoms with E-state index < -0.39 is 5.72 Å². The summed E-state index contributed by atoms with van der Waals surface area (Å²) in [5.41, 5.74) is 8.45. The van der Waals surface area contributed by atoms with Crippen LogP contribution in [0.5, 0.6) is 0 Å². The molecule has 0 radical (unpaired) electrons. The molecule has 1 saturated heterocycles. The quantitative estimate of drug-likeness (QED) is 0.415. The molecule has 2 bridgehead atoms. The Morgan fingerprint density at radius 1 is 1.20 bits per heavy atom.